The number of likely N-dealkylation sites (N-methyl/N-ethyl adjacent to an activating group) is 1. The average Bonchev–Trinajstić information content (AvgIpc) is 3.86. The highest BCUT2D eigenvalue weighted by Crippen LogP contribution is 2.47. The Morgan fingerprint density at radius 2 is 2.00 bits per heavy atom. The minimum Gasteiger partial charge on any atom is -0.389 e. The minimum atomic E-state index is -1.24. The number of nitrogens with two attached hydrogens (primary N) is 1. The van der Waals surface area contributed by atoms with E-state index in [4.69, 9.17) is 25.3 Å². The number of fused-ring (bicyclic) bond motifs is 3. The molecule has 8 rings (SSSR count). The van der Waals surface area contributed by atoms with E-state index in [-0.39, 0.29) is 12.0 Å². The first-order valence-corrected chi connectivity index (χ1v) is 19.9. The van der Waals surface area contributed by atoms with Crippen molar-refractivity contribution >= 4 is 44.0 Å². The van der Waals surface area contributed by atoms with Crippen LogP contribution in [0.1, 0.15) is 106 Å². The Hall–Kier alpha value is -3.34. The first-order valence-electron chi connectivity index (χ1n) is 17.8. The van der Waals surface area contributed by atoms with Crippen LogP contribution in [0.3, 0.4) is 0 Å². The first-order chi connectivity index (χ1) is 23.4. The maximum absolute atomic E-state index is 13.8. The van der Waals surface area contributed by atoms with Crippen LogP contribution in [0.2, 0.25) is 0 Å². The molecule has 256 valence electrons. The zero-order valence-corrected chi connectivity index (χ0v) is 30.4. The summed E-state index contributed by atoms with van der Waals surface area (Å²) >= 11 is 1.53. The molecule has 7 heterocycles. The number of hydrogen-bond acceptors (Lipinski definition) is 11. The van der Waals surface area contributed by atoms with Gasteiger partial charge in [0.2, 0.25) is 0 Å². The van der Waals surface area contributed by atoms with E-state index in [1.165, 1.54) is 11.3 Å². The van der Waals surface area contributed by atoms with E-state index in [9.17, 15) is 9.47 Å². The third-order valence-corrected chi connectivity index (χ3v) is 13.1. The summed E-state index contributed by atoms with van der Waals surface area (Å²) in [5, 5.41) is 21.8. The predicted molar refractivity (Wildman–Crippen MR) is 191 cm³/mol. The number of anilines is 2. The molecule has 0 spiro atoms. The second-order valence-corrected chi connectivity index (χ2v) is 16.2. The number of nitrogens with zero attached hydrogens (tertiary/aromatic N) is 8. The molecular formula is C35H47N9O2S2. The van der Waals surface area contributed by atoms with Crippen LogP contribution in [0.25, 0.3) is 22.6 Å². The summed E-state index contributed by atoms with van der Waals surface area (Å²) in [5.74, 6) is 3.14. The van der Waals surface area contributed by atoms with E-state index in [1.54, 1.807) is 0 Å². The number of hydrogen-bond donors (Lipinski definition) is 1. The lowest BCUT2D eigenvalue weighted by Crippen LogP contribution is -2.45. The second kappa shape index (κ2) is 13.5. The summed E-state index contributed by atoms with van der Waals surface area (Å²) in [4.78, 5) is 16.4. The maximum atomic E-state index is 13.8. The van der Waals surface area contributed by atoms with E-state index < -0.39 is 10.8 Å². The van der Waals surface area contributed by atoms with E-state index in [2.05, 4.69) is 41.9 Å². The molecule has 5 atom stereocenters. The topological polar surface area (TPSA) is 143 Å². The van der Waals surface area contributed by atoms with Crippen molar-refractivity contribution in [2.75, 3.05) is 36.5 Å². The van der Waals surface area contributed by atoms with Crippen LogP contribution < -0.4 is 10.6 Å². The van der Waals surface area contributed by atoms with Gasteiger partial charge in [-0.05, 0) is 76.4 Å². The van der Waals surface area contributed by atoms with Gasteiger partial charge < -0.3 is 20.1 Å². The van der Waals surface area contributed by atoms with Crippen LogP contribution in [0, 0.1) is 17.2 Å². The zero-order valence-electron chi connectivity index (χ0n) is 28.8. The highest BCUT2D eigenvalue weighted by atomic mass is 32.2. The van der Waals surface area contributed by atoms with Crippen LogP contribution in [-0.4, -0.2) is 72.0 Å². The third kappa shape index (κ3) is 5.53. The maximum Gasteiger partial charge on any atom is 0.186 e. The fourth-order valence-electron chi connectivity index (χ4n) is 8.24. The Labute approximate surface area is 289 Å². The molecule has 4 aromatic rings. The fourth-order valence-corrected chi connectivity index (χ4v) is 10.9. The Morgan fingerprint density at radius 3 is 2.75 bits per heavy atom. The summed E-state index contributed by atoms with van der Waals surface area (Å²) in [5.41, 5.74) is 10.4. The van der Waals surface area contributed by atoms with Crippen molar-refractivity contribution in [1.82, 2.24) is 29.8 Å². The molecule has 3 aliphatic heterocycles. The highest BCUT2D eigenvalue weighted by molar-refractivity contribution is 7.85. The molecular weight excluding hydrogens is 643 g/mol. The molecule has 13 heteroatoms. The molecule has 1 aliphatic carbocycles. The summed E-state index contributed by atoms with van der Waals surface area (Å²) in [6, 6.07) is 2.88. The smallest absolute Gasteiger partial charge is 0.186 e. The summed E-state index contributed by atoms with van der Waals surface area (Å²) in [6.45, 7) is 11.0. The Kier molecular flexibility index (Phi) is 9.34. The van der Waals surface area contributed by atoms with E-state index in [0.29, 0.717) is 51.4 Å². The number of aromatic nitrogens is 5. The van der Waals surface area contributed by atoms with Crippen molar-refractivity contribution in [2.45, 2.75) is 115 Å². The van der Waals surface area contributed by atoms with Crippen molar-refractivity contribution in [1.29, 1.82) is 5.26 Å². The monoisotopic (exact) mass is 689 g/mol. The molecule has 4 unspecified atom stereocenters. The summed E-state index contributed by atoms with van der Waals surface area (Å²) in [7, 11) is 0.926. The molecule has 0 amide bonds. The lowest BCUT2D eigenvalue weighted by molar-refractivity contribution is 0.275. The quantitative estimate of drug-likeness (QED) is 0.246. The largest absolute Gasteiger partial charge is 0.389 e. The SMILES string of the molecule is CC.CCCc1sc(N)c(C#N)c1C1CCCc2c(-c3nc4c5c(nn(CC6CCCN6C)c5n3)S(=O)C[C@H]3CCC(C)CN43)noc21. The standard InChI is InChI=1S/C33H41N9O2S2.C2H6/c1-4-7-24-25(23(14-34)29(35)45-24)21-9-5-10-22-27(39-44-28(21)22)30-36-31-26-32(37-30)42(16-19-8-6-13-40(19)3)38-33(26)46(43)17-20-12-11-18(2)15-41(20)31;1-2/h18-21H,4-13,15-17,35H2,1-3H3;1-2H3/t18?,19?,20-,21?,46?;/m1./s1. The molecule has 4 aliphatic rings. The van der Waals surface area contributed by atoms with Crippen molar-refractivity contribution < 1.29 is 8.73 Å². The number of nitrogen functional groups attached to an aromatic ring is 1. The van der Waals surface area contributed by atoms with E-state index in [1.807, 2.05) is 18.5 Å². The summed E-state index contributed by atoms with van der Waals surface area (Å²) < 4.78 is 22.0. The number of nitriles is 1. The van der Waals surface area contributed by atoms with Crippen LogP contribution >= 0.6 is 11.3 Å². The molecule has 0 aromatic carbocycles. The molecule has 4 aromatic heterocycles. The van der Waals surface area contributed by atoms with E-state index >= 15 is 0 Å². The van der Waals surface area contributed by atoms with Gasteiger partial charge >= 0.3 is 0 Å². The molecule has 2 saturated heterocycles. The van der Waals surface area contributed by atoms with E-state index in [0.717, 1.165) is 109 Å². The second-order valence-electron chi connectivity index (χ2n) is 13.7. The van der Waals surface area contributed by atoms with Crippen molar-refractivity contribution in [3.63, 3.8) is 0 Å². The van der Waals surface area contributed by atoms with Gasteiger partial charge in [-0.15, -0.1) is 11.3 Å². The molecule has 0 saturated carbocycles. The number of aryl methyl sites for hydroxylation is 1. The van der Waals surface area contributed by atoms with Gasteiger partial charge in [0.1, 0.15) is 22.6 Å². The number of likely N-dealkylation sites (tertiary alicyclic amines) is 1. The Bertz CT molecular complexity index is 1890. The lowest BCUT2D eigenvalue weighted by atomic mass is 9.81. The highest BCUT2D eigenvalue weighted by Gasteiger charge is 2.39. The molecule has 2 N–H and O–H groups in total. The average molecular weight is 690 g/mol. The zero-order chi connectivity index (χ0) is 33.7. The van der Waals surface area contributed by atoms with Gasteiger partial charge in [0.25, 0.3) is 0 Å². The van der Waals surface area contributed by atoms with Crippen LogP contribution in [0.5, 0.6) is 0 Å². The van der Waals surface area contributed by atoms with Crippen LogP contribution in [0.4, 0.5) is 10.8 Å². The van der Waals surface area contributed by atoms with Crippen LogP contribution in [0.15, 0.2) is 9.55 Å². The third-order valence-electron chi connectivity index (χ3n) is 10.6. The Balaban J connectivity index is 0.00000179. The number of rotatable bonds is 6. The fraction of sp³-hybridized carbons (Fsp3) is 0.629. The molecule has 0 radical (unpaired) electrons. The first kappa shape index (κ1) is 33.2. The normalized spacial score (nSPS) is 25.2. The van der Waals surface area contributed by atoms with Gasteiger partial charge in [-0.2, -0.15) is 10.4 Å². The van der Waals surface area contributed by atoms with Gasteiger partial charge in [0.15, 0.2) is 22.2 Å². The number of thiophene rings is 1. The Morgan fingerprint density at radius 1 is 1.17 bits per heavy atom. The predicted octanol–water partition coefficient (Wildman–Crippen LogP) is 6.26. The van der Waals surface area contributed by atoms with Gasteiger partial charge in [-0.25, -0.2) is 14.6 Å². The molecule has 2 fully saturated rings. The van der Waals surface area contributed by atoms with Crippen LogP contribution in [-0.2, 0) is 30.2 Å². The molecule has 11 nitrogen and oxygen atoms in total. The molecule has 0 bridgehead atoms. The van der Waals surface area contributed by atoms with Crippen molar-refractivity contribution in [2.24, 2.45) is 5.92 Å². The van der Waals surface area contributed by atoms with Gasteiger partial charge in [0, 0.05) is 35.0 Å². The van der Waals surface area contributed by atoms with Crippen molar-refractivity contribution in [3.05, 3.63) is 27.3 Å². The lowest BCUT2D eigenvalue weighted by Gasteiger charge is -2.38. The van der Waals surface area contributed by atoms with Gasteiger partial charge in [-0.3, -0.25) is 4.21 Å². The van der Waals surface area contributed by atoms with Crippen molar-refractivity contribution in [3.8, 4) is 17.6 Å². The molecule has 48 heavy (non-hydrogen) atoms. The number of piperidine rings is 1. The van der Waals surface area contributed by atoms with Gasteiger partial charge in [-0.1, -0.05) is 39.3 Å². The summed E-state index contributed by atoms with van der Waals surface area (Å²) in [6.07, 6.45) is 8.82. The minimum absolute atomic E-state index is 0.0789. The van der Waals surface area contributed by atoms with Gasteiger partial charge in [0.05, 0.1) is 34.0 Å².